The molecule has 2 atom stereocenters. The summed E-state index contributed by atoms with van der Waals surface area (Å²) in [7, 11) is 1.57. The number of methoxy groups -OCH3 is 1. The van der Waals surface area contributed by atoms with Crippen LogP contribution in [0.1, 0.15) is 19.4 Å². The second-order valence-corrected chi connectivity index (χ2v) is 4.99. The van der Waals surface area contributed by atoms with E-state index in [1.807, 2.05) is 35.8 Å². The smallest absolute Gasteiger partial charge is 0.243 e. The number of hydrogen-bond donors (Lipinski definition) is 2. The Kier molecular flexibility index (Phi) is 5.30. The molecule has 1 aromatic heterocycles. The van der Waals surface area contributed by atoms with E-state index in [2.05, 4.69) is 10.3 Å². The summed E-state index contributed by atoms with van der Waals surface area (Å²) < 4.78 is 6.89. The Morgan fingerprint density at radius 3 is 2.95 bits per heavy atom. The van der Waals surface area contributed by atoms with Crippen LogP contribution < -0.4 is 5.32 Å². The molecule has 2 aromatic rings. The third-order valence-electron chi connectivity index (χ3n) is 3.47. The number of fused-ring (bicyclic) bond motifs is 1. The van der Waals surface area contributed by atoms with Crippen molar-refractivity contribution in [1.29, 1.82) is 0 Å². The average molecular weight is 291 g/mol. The van der Waals surface area contributed by atoms with Gasteiger partial charge < -0.3 is 19.7 Å². The van der Waals surface area contributed by atoms with Crippen LogP contribution in [0.4, 0.5) is 0 Å². The molecule has 0 fully saturated rings. The molecule has 2 N–H and O–H groups in total. The Balaban J connectivity index is 2.11. The molecular formula is C15H21N3O3. The number of amides is 1. The number of imidazole rings is 1. The molecule has 2 rings (SSSR count). The first kappa shape index (κ1) is 15.5. The molecular weight excluding hydrogens is 270 g/mol. The van der Waals surface area contributed by atoms with Crippen molar-refractivity contribution in [2.75, 3.05) is 20.3 Å². The van der Waals surface area contributed by atoms with Crippen molar-refractivity contribution in [3.63, 3.8) is 0 Å². The van der Waals surface area contributed by atoms with Gasteiger partial charge in [-0.05, 0) is 25.5 Å². The van der Waals surface area contributed by atoms with Gasteiger partial charge in [0.05, 0.1) is 30.0 Å². The monoisotopic (exact) mass is 291 g/mol. The second-order valence-electron chi connectivity index (χ2n) is 4.99. The zero-order chi connectivity index (χ0) is 15.2. The Labute approximate surface area is 123 Å². The summed E-state index contributed by atoms with van der Waals surface area (Å²) >= 11 is 0. The van der Waals surface area contributed by atoms with Crippen molar-refractivity contribution in [2.45, 2.75) is 25.4 Å². The maximum absolute atomic E-state index is 12.3. The molecule has 0 saturated carbocycles. The van der Waals surface area contributed by atoms with Crippen molar-refractivity contribution in [2.24, 2.45) is 0 Å². The molecule has 21 heavy (non-hydrogen) atoms. The normalized spacial score (nSPS) is 14.0. The van der Waals surface area contributed by atoms with Crippen LogP contribution in [0.15, 0.2) is 30.6 Å². The highest BCUT2D eigenvalue weighted by atomic mass is 16.5. The van der Waals surface area contributed by atoms with E-state index in [0.29, 0.717) is 13.0 Å². The molecule has 2 unspecified atom stereocenters. The zero-order valence-electron chi connectivity index (χ0n) is 12.3. The van der Waals surface area contributed by atoms with Crippen LogP contribution in [0.5, 0.6) is 0 Å². The summed E-state index contributed by atoms with van der Waals surface area (Å²) in [5, 5.41) is 11.9. The highest BCUT2D eigenvalue weighted by Gasteiger charge is 2.20. The maximum atomic E-state index is 12.3. The van der Waals surface area contributed by atoms with Crippen LogP contribution in [-0.2, 0) is 9.53 Å². The molecule has 6 heteroatoms. The van der Waals surface area contributed by atoms with Crippen LogP contribution in [0.2, 0.25) is 0 Å². The molecule has 0 aliphatic heterocycles. The average Bonchev–Trinajstić information content (AvgIpc) is 2.91. The molecule has 114 valence electrons. The summed E-state index contributed by atoms with van der Waals surface area (Å²) in [5.41, 5.74) is 1.78. The van der Waals surface area contributed by atoms with Gasteiger partial charge in [0.15, 0.2) is 0 Å². The highest BCUT2D eigenvalue weighted by Crippen LogP contribution is 2.17. The summed E-state index contributed by atoms with van der Waals surface area (Å²) in [4.78, 5) is 16.6. The lowest BCUT2D eigenvalue weighted by Gasteiger charge is -2.20. The topological polar surface area (TPSA) is 76.4 Å². The van der Waals surface area contributed by atoms with E-state index >= 15 is 0 Å². The van der Waals surface area contributed by atoms with Gasteiger partial charge in [-0.3, -0.25) is 4.79 Å². The number of aromatic nitrogens is 2. The third kappa shape index (κ3) is 3.59. The first-order chi connectivity index (χ1) is 10.2. The van der Waals surface area contributed by atoms with E-state index in [1.165, 1.54) is 0 Å². The van der Waals surface area contributed by atoms with Crippen molar-refractivity contribution in [3.8, 4) is 0 Å². The SMILES string of the molecule is COCC(CCO)NC(=O)C(C)n1cnc2ccccc21. The Morgan fingerprint density at radius 2 is 2.24 bits per heavy atom. The lowest BCUT2D eigenvalue weighted by Crippen LogP contribution is -2.41. The van der Waals surface area contributed by atoms with E-state index in [1.54, 1.807) is 13.4 Å². The highest BCUT2D eigenvalue weighted by molar-refractivity contribution is 5.83. The van der Waals surface area contributed by atoms with Gasteiger partial charge in [0.1, 0.15) is 6.04 Å². The number of nitrogens with zero attached hydrogens (tertiary/aromatic N) is 2. The van der Waals surface area contributed by atoms with Crippen LogP contribution in [0.25, 0.3) is 11.0 Å². The first-order valence-corrected chi connectivity index (χ1v) is 6.99. The molecule has 0 radical (unpaired) electrons. The number of benzene rings is 1. The molecule has 1 amide bonds. The Bertz CT molecular complexity index is 591. The molecule has 1 heterocycles. The minimum Gasteiger partial charge on any atom is -0.396 e. The molecule has 0 aliphatic carbocycles. The molecule has 0 saturated heterocycles. The van der Waals surface area contributed by atoms with Gasteiger partial charge >= 0.3 is 0 Å². The van der Waals surface area contributed by atoms with Crippen LogP contribution in [-0.4, -0.2) is 46.9 Å². The third-order valence-corrected chi connectivity index (χ3v) is 3.47. The predicted octanol–water partition coefficient (Wildman–Crippen LogP) is 1.11. The molecule has 0 spiro atoms. The number of rotatable bonds is 7. The van der Waals surface area contributed by atoms with E-state index in [9.17, 15) is 4.79 Å². The standard InChI is InChI=1S/C15H21N3O3/c1-11(15(20)17-12(7-8-19)9-21-2)18-10-16-13-5-3-4-6-14(13)18/h3-6,10-12,19H,7-9H2,1-2H3,(H,17,20). The van der Waals surface area contributed by atoms with Gasteiger partial charge in [0.25, 0.3) is 0 Å². The molecule has 0 bridgehead atoms. The predicted molar refractivity (Wildman–Crippen MR) is 80.0 cm³/mol. The van der Waals surface area contributed by atoms with E-state index in [4.69, 9.17) is 9.84 Å². The lowest BCUT2D eigenvalue weighted by atomic mass is 10.2. The summed E-state index contributed by atoms with van der Waals surface area (Å²) in [6.07, 6.45) is 2.14. The van der Waals surface area contributed by atoms with Gasteiger partial charge in [-0.2, -0.15) is 0 Å². The van der Waals surface area contributed by atoms with E-state index in [0.717, 1.165) is 11.0 Å². The second kappa shape index (κ2) is 7.19. The van der Waals surface area contributed by atoms with Gasteiger partial charge in [-0.15, -0.1) is 0 Å². The molecule has 1 aromatic carbocycles. The fourth-order valence-corrected chi connectivity index (χ4v) is 2.29. The summed E-state index contributed by atoms with van der Waals surface area (Å²) in [6.45, 7) is 2.21. The van der Waals surface area contributed by atoms with Crippen molar-refractivity contribution in [3.05, 3.63) is 30.6 Å². The molecule has 0 aliphatic rings. The number of carbonyl (C=O) groups excluding carboxylic acids is 1. The summed E-state index contributed by atoms with van der Waals surface area (Å²) in [5.74, 6) is -0.117. The summed E-state index contributed by atoms with van der Waals surface area (Å²) in [6, 6.07) is 7.12. The minimum absolute atomic E-state index is 0.0106. The van der Waals surface area contributed by atoms with Crippen molar-refractivity contribution >= 4 is 16.9 Å². The van der Waals surface area contributed by atoms with Gasteiger partial charge in [-0.1, -0.05) is 12.1 Å². The number of hydrogen-bond acceptors (Lipinski definition) is 4. The fourth-order valence-electron chi connectivity index (χ4n) is 2.29. The number of ether oxygens (including phenoxy) is 1. The van der Waals surface area contributed by atoms with Crippen molar-refractivity contribution in [1.82, 2.24) is 14.9 Å². The largest absolute Gasteiger partial charge is 0.396 e. The number of para-hydroxylation sites is 2. The maximum Gasteiger partial charge on any atom is 0.243 e. The lowest BCUT2D eigenvalue weighted by molar-refractivity contribution is -0.125. The Hall–Kier alpha value is -1.92. The number of nitrogens with one attached hydrogen (secondary N) is 1. The number of aliphatic hydroxyl groups is 1. The van der Waals surface area contributed by atoms with Crippen molar-refractivity contribution < 1.29 is 14.6 Å². The van der Waals surface area contributed by atoms with Crippen LogP contribution >= 0.6 is 0 Å². The number of carbonyl (C=O) groups is 1. The molecule has 6 nitrogen and oxygen atoms in total. The van der Waals surface area contributed by atoms with Crippen LogP contribution in [0.3, 0.4) is 0 Å². The van der Waals surface area contributed by atoms with Crippen LogP contribution in [0, 0.1) is 0 Å². The van der Waals surface area contributed by atoms with Gasteiger partial charge in [0, 0.05) is 13.7 Å². The Morgan fingerprint density at radius 1 is 1.48 bits per heavy atom. The van der Waals surface area contributed by atoms with Gasteiger partial charge in [0.2, 0.25) is 5.91 Å². The quantitative estimate of drug-likeness (QED) is 0.801. The van der Waals surface area contributed by atoms with E-state index in [-0.39, 0.29) is 24.6 Å². The van der Waals surface area contributed by atoms with E-state index < -0.39 is 0 Å². The zero-order valence-corrected chi connectivity index (χ0v) is 12.3. The minimum atomic E-state index is -0.379. The first-order valence-electron chi connectivity index (χ1n) is 6.99. The fraction of sp³-hybridized carbons (Fsp3) is 0.467. The van der Waals surface area contributed by atoms with Gasteiger partial charge in [-0.25, -0.2) is 4.98 Å². The number of aliphatic hydroxyl groups excluding tert-OH is 1.